The first-order valence-corrected chi connectivity index (χ1v) is 6.61. The van der Waals surface area contributed by atoms with Crippen molar-refractivity contribution < 1.29 is 10.2 Å². The Labute approximate surface area is 113 Å². The second-order valence-electron chi connectivity index (χ2n) is 5.58. The minimum atomic E-state index is -0.539. The number of fused-ring (bicyclic) bond motifs is 3. The molecule has 3 rings (SSSR count). The highest BCUT2D eigenvalue weighted by molar-refractivity contribution is 5.79. The molecule has 2 N–H and O–H groups in total. The van der Waals surface area contributed by atoms with Gasteiger partial charge in [0.15, 0.2) is 0 Å². The minimum absolute atomic E-state index is 0.0309. The molecule has 0 aliphatic heterocycles. The fraction of sp³-hybridized carbons (Fsp3) is 0.294. The number of rotatable bonds is 3. The molecule has 0 aromatic heterocycles. The van der Waals surface area contributed by atoms with E-state index in [1.165, 1.54) is 22.3 Å². The molecule has 2 aromatic rings. The summed E-state index contributed by atoms with van der Waals surface area (Å²) in [6.07, 6.45) is 0. The minimum Gasteiger partial charge on any atom is -0.396 e. The fourth-order valence-corrected chi connectivity index (χ4v) is 3.14. The summed E-state index contributed by atoms with van der Waals surface area (Å²) in [4.78, 5) is 0. The van der Waals surface area contributed by atoms with Gasteiger partial charge in [-0.2, -0.15) is 0 Å². The largest absolute Gasteiger partial charge is 0.396 e. The van der Waals surface area contributed by atoms with E-state index in [1.807, 2.05) is 31.2 Å². The van der Waals surface area contributed by atoms with E-state index in [1.54, 1.807) is 0 Å². The Kier molecular flexibility index (Phi) is 2.92. The Morgan fingerprint density at radius 2 is 1.26 bits per heavy atom. The summed E-state index contributed by atoms with van der Waals surface area (Å²) in [5, 5.41) is 19.5. The van der Waals surface area contributed by atoms with Gasteiger partial charge in [-0.05, 0) is 22.3 Å². The first kappa shape index (κ1) is 12.4. The number of hydrogen-bond donors (Lipinski definition) is 2. The Morgan fingerprint density at radius 1 is 0.842 bits per heavy atom. The van der Waals surface area contributed by atoms with Crippen molar-refractivity contribution in [3.8, 4) is 11.1 Å². The van der Waals surface area contributed by atoms with Gasteiger partial charge in [-0.1, -0.05) is 55.5 Å². The van der Waals surface area contributed by atoms with Crippen LogP contribution >= 0.6 is 0 Å². The number of benzene rings is 2. The van der Waals surface area contributed by atoms with E-state index in [0.717, 1.165) is 0 Å². The van der Waals surface area contributed by atoms with Gasteiger partial charge in [0.25, 0.3) is 0 Å². The number of hydrogen-bond acceptors (Lipinski definition) is 2. The van der Waals surface area contributed by atoms with Crippen molar-refractivity contribution in [1.82, 2.24) is 0 Å². The third-order valence-corrected chi connectivity index (χ3v) is 4.25. The van der Waals surface area contributed by atoms with Gasteiger partial charge in [0.05, 0.1) is 13.2 Å². The molecule has 1 aliphatic rings. The normalized spacial score (nSPS) is 14.3. The van der Waals surface area contributed by atoms with Crippen molar-refractivity contribution in [2.75, 3.05) is 13.2 Å². The lowest BCUT2D eigenvalue weighted by atomic mass is 9.73. The molecule has 2 heteroatoms. The summed E-state index contributed by atoms with van der Waals surface area (Å²) in [5.74, 6) is 0.0508. The number of aliphatic hydroxyl groups is 2. The van der Waals surface area contributed by atoms with Crippen LogP contribution < -0.4 is 0 Å². The van der Waals surface area contributed by atoms with Gasteiger partial charge >= 0.3 is 0 Å². The summed E-state index contributed by atoms with van der Waals surface area (Å²) in [5.41, 5.74) is 4.30. The molecule has 1 aliphatic carbocycles. The SMILES string of the molecule is CC(CO)(CO)C1c2ccccc2-c2ccccc21. The van der Waals surface area contributed by atoms with E-state index in [2.05, 4.69) is 24.3 Å². The zero-order valence-corrected chi connectivity index (χ0v) is 11.0. The van der Waals surface area contributed by atoms with Gasteiger partial charge in [0.1, 0.15) is 0 Å². The van der Waals surface area contributed by atoms with Crippen molar-refractivity contribution >= 4 is 0 Å². The van der Waals surface area contributed by atoms with Crippen LogP contribution in [0.5, 0.6) is 0 Å². The molecule has 0 bridgehead atoms. The van der Waals surface area contributed by atoms with Crippen molar-refractivity contribution in [3.63, 3.8) is 0 Å². The molecule has 0 spiro atoms. The van der Waals surface area contributed by atoms with Gasteiger partial charge in [0, 0.05) is 11.3 Å². The third kappa shape index (κ3) is 1.71. The van der Waals surface area contributed by atoms with E-state index in [9.17, 15) is 10.2 Å². The number of aliphatic hydroxyl groups excluding tert-OH is 2. The molecule has 0 radical (unpaired) electrons. The van der Waals surface area contributed by atoms with Gasteiger partial charge < -0.3 is 10.2 Å². The quantitative estimate of drug-likeness (QED) is 0.884. The van der Waals surface area contributed by atoms with Crippen molar-refractivity contribution in [2.45, 2.75) is 12.8 Å². The van der Waals surface area contributed by atoms with Crippen molar-refractivity contribution in [1.29, 1.82) is 0 Å². The fourth-order valence-electron chi connectivity index (χ4n) is 3.14. The Hall–Kier alpha value is -1.64. The molecular weight excluding hydrogens is 236 g/mol. The molecule has 0 atom stereocenters. The Balaban J connectivity index is 2.26. The van der Waals surface area contributed by atoms with Crippen LogP contribution in [-0.4, -0.2) is 23.4 Å². The summed E-state index contributed by atoms with van der Waals surface area (Å²) in [6, 6.07) is 16.5. The van der Waals surface area contributed by atoms with Crippen LogP contribution in [0.1, 0.15) is 24.0 Å². The highest BCUT2D eigenvalue weighted by atomic mass is 16.3. The smallest absolute Gasteiger partial charge is 0.0515 e. The molecule has 0 heterocycles. The van der Waals surface area contributed by atoms with Gasteiger partial charge in [-0.15, -0.1) is 0 Å². The van der Waals surface area contributed by atoms with Gasteiger partial charge in [-0.25, -0.2) is 0 Å². The Bertz CT molecular complexity index is 554. The average Bonchev–Trinajstić information content (AvgIpc) is 2.82. The maximum atomic E-state index is 9.74. The highest BCUT2D eigenvalue weighted by Crippen LogP contribution is 2.52. The van der Waals surface area contributed by atoms with Crippen molar-refractivity contribution in [2.24, 2.45) is 5.41 Å². The van der Waals surface area contributed by atoms with Crippen LogP contribution in [-0.2, 0) is 0 Å². The molecule has 0 fully saturated rings. The second kappa shape index (κ2) is 4.48. The lowest BCUT2D eigenvalue weighted by Gasteiger charge is -2.33. The summed E-state index contributed by atoms with van der Waals surface area (Å²) < 4.78 is 0. The van der Waals surface area contributed by atoms with E-state index >= 15 is 0 Å². The highest BCUT2D eigenvalue weighted by Gasteiger charge is 2.41. The van der Waals surface area contributed by atoms with E-state index in [0.29, 0.717) is 0 Å². The van der Waals surface area contributed by atoms with Crippen LogP contribution in [0.4, 0.5) is 0 Å². The predicted molar refractivity (Wildman–Crippen MR) is 76.0 cm³/mol. The molecule has 0 amide bonds. The average molecular weight is 254 g/mol. The van der Waals surface area contributed by atoms with Crippen LogP contribution in [0.15, 0.2) is 48.5 Å². The molecular formula is C17H18O2. The predicted octanol–water partition coefficient (Wildman–Crippen LogP) is 2.79. The lowest BCUT2D eigenvalue weighted by Crippen LogP contribution is -2.33. The monoisotopic (exact) mass is 254 g/mol. The third-order valence-electron chi connectivity index (χ3n) is 4.25. The maximum absolute atomic E-state index is 9.74. The lowest BCUT2D eigenvalue weighted by molar-refractivity contribution is 0.0574. The van der Waals surface area contributed by atoms with Gasteiger partial charge in [-0.3, -0.25) is 0 Å². The zero-order valence-electron chi connectivity index (χ0n) is 11.0. The van der Waals surface area contributed by atoms with E-state index < -0.39 is 5.41 Å². The maximum Gasteiger partial charge on any atom is 0.0515 e. The van der Waals surface area contributed by atoms with Crippen LogP contribution in [0.2, 0.25) is 0 Å². The molecule has 19 heavy (non-hydrogen) atoms. The molecule has 0 saturated carbocycles. The van der Waals surface area contributed by atoms with Gasteiger partial charge in [0.2, 0.25) is 0 Å². The van der Waals surface area contributed by atoms with Crippen LogP contribution in [0.25, 0.3) is 11.1 Å². The molecule has 0 unspecified atom stereocenters. The van der Waals surface area contributed by atoms with Crippen LogP contribution in [0.3, 0.4) is 0 Å². The molecule has 2 aromatic carbocycles. The summed E-state index contributed by atoms with van der Waals surface area (Å²) in [6.45, 7) is 1.88. The van der Waals surface area contributed by atoms with Crippen LogP contribution in [0, 0.1) is 5.41 Å². The van der Waals surface area contributed by atoms with E-state index in [-0.39, 0.29) is 19.1 Å². The molecule has 2 nitrogen and oxygen atoms in total. The molecule has 0 saturated heterocycles. The standard InChI is InChI=1S/C17H18O2/c1-17(10-18,11-19)16-14-8-4-2-6-12(14)13-7-3-5-9-15(13)16/h2-9,16,18-19H,10-11H2,1H3. The van der Waals surface area contributed by atoms with Crippen molar-refractivity contribution in [3.05, 3.63) is 59.7 Å². The zero-order chi connectivity index (χ0) is 13.5. The Morgan fingerprint density at radius 3 is 1.68 bits per heavy atom. The molecule has 98 valence electrons. The summed E-state index contributed by atoms with van der Waals surface area (Å²) in [7, 11) is 0. The second-order valence-corrected chi connectivity index (χ2v) is 5.58. The topological polar surface area (TPSA) is 40.5 Å². The summed E-state index contributed by atoms with van der Waals surface area (Å²) >= 11 is 0. The van der Waals surface area contributed by atoms with E-state index in [4.69, 9.17) is 0 Å². The first-order valence-electron chi connectivity index (χ1n) is 6.61. The first-order chi connectivity index (χ1) is 9.21.